The molecule has 0 aliphatic carbocycles. The van der Waals surface area contributed by atoms with Crippen molar-refractivity contribution in [3.63, 3.8) is 0 Å². The predicted octanol–water partition coefficient (Wildman–Crippen LogP) is -6.02. The topological polar surface area (TPSA) is 232 Å². The van der Waals surface area contributed by atoms with Gasteiger partial charge in [0.2, 0.25) is 0 Å². The minimum atomic E-state index is -1.24. The second-order valence-electron chi connectivity index (χ2n) is 0.329. The summed E-state index contributed by atoms with van der Waals surface area (Å²) >= 11 is -2.48. The molecule has 0 unspecified atom stereocenters. The molecule has 0 aromatic heterocycles. The normalized spacial score (nSPS) is 1.82. The van der Waals surface area contributed by atoms with Crippen LogP contribution in [0.3, 0.4) is 0 Å². The summed E-state index contributed by atoms with van der Waals surface area (Å²) in [5, 5.41) is 0. The second kappa shape index (κ2) is 83.7. The van der Waals surface area contributed by atoms with Crippen molar-refractivity contribution in [2.45, 2.75) is 0 Å². The van der Waals surface area contributed by atoms with E-state index < -0.39 is 31.0 Å². The van der Waals surface area contributed by atoms with Gasteiger partial charge in [0.05, 0.1) is 0 Å². The summed E-state index contributed by atoms with van der Waals surface area (Å²) in [6.45, 7) is 0. The summed E-state index contributed by atoms with van der Waals surface area (Å²) in [5.74, 6) is 0. The molecule has 9 nitrogen and oxygen atoms in total. The van der Waals surface area contributed by atoms with Gasteiger partial charge in [0.1, 0.15) is 0 Å². The molecule has 0 atom stereocenters. The average Bonchev–Trinajstić information content (AvgIpc) is 1.41. The van der Waals surface area contributed by atoms with E-state index >= 15 is 0 Å². The molecule has 11 heavy (non-hydrogen) atoms. The fourth-order valence-electron chi connectivity index (χ4n) is 0.0227. The first-order chi connectivity index (χ1) is 2.41. The Morgan fingerprint density at radius 3 is 0.818 bits per heavy atom. The summed E-state index contributed by atoms with van der Waals surface area (Å²) in [4.78, 5) is 0. The van der Waals surface area contributed by atoms with Gasteiger partial charge in [0, 0.05) is 0 Å². The Balaban J connectivity index is -0.00000000533. The van der Waals surface area contributed by atoms with Crippen LogP contribution in [0.15, 0.2) is 0 Å². The van der Waals surface area contributed by atoms with Crippen molar-refractivity contribution in [2.24, 2.45) is 0 Å². The zero-order chi connectivity index (χ0) is 4.12. The Kier molecular flexibility index (Phi) is 500. The Morgan fingerprint density at radius 1 is 0.636 bits per heavy atom. The molecule has 0 fully saturated rings. The first-order valence-corrected chi connectivity index (χ1v) is 2.83. The molecule has 0 aliphatic rings. The van der Waals surface area contributed by atoms with E-state index in [1.807, 2.05) is 0 Å². The van der Waals surface area contributed by atoms with E-state index in [-0.39, 0.29) is 32.9 Å². The maximum atomic E-state index is 9.21. The van der Waals surface area contributed by atoms with E-state index in [2.05, 4.69) is 2.84 Å². The third-order valence-corrected chi connectivity index (χ3v) is 1.00. The molecular weight excluding hydrogens is 198 g/mol. The van der Waals surface area contributed by atoms with E-state index in [0.29, 0.717) is 0 Å². The molecule has 0 radical (unpaired) electrons. The molecule has 72 valence electrons. The predicted molar refractivity (Wildman–Crippen MR) is 35.6 cm³/mol. The van der Waals surface area contributed by atoms with Crippen LogP contribution < -0.4 is 0 Å². The van der Waals surface area contributed by atoms with Crippen molar-refractivity contribution in [3.8, 4) is 0 Å². The molecule has 0 saturated carbocycles. The molecule has 0 rings (SSSR count). The van der Waals surface area contributed by atoms with Crippen LogP contribution in [-0.2, 0) is 10.4 Å². The van der Waals surface area contributed by atoms with Crippen LogP contribution in [0.5, 0.6) is 0 Å². The van der Waals surface area contributed by atoms with Crippen molar-refractivity contribution in [1.29, 1.82) is 0 Å². The molecule has 0 aliphatic heterocycles. The second-order valence-corrected chi connectivity index (χ2v) is 1.80. The van der Waals surface area contributed by atoms with Gasteiger partial charge in [-0.1, -0.05) is 0 Å². The van der Waals surface area contributed by atoms with E-state index in [9.17, 15) is 7.61 Å². The molecule has 12 N–H and O–H groups in total. The van der Waals surface area contributed by atoms with Crippen LogP contribution in [0.2, 0.25) is 0 Å². The first-order valence-electron chi connectivity index (χ1n) is 0.943. The van der Waals surface area contributed by atoms with E-state index in [1.54, 1.807) is 0 Å². The fraction of sp³-hybridized carbons (Fsp3) is 0. The van der Waals surface area contributed by atoms with Crippen LogP contribution in [-0.4, -0.2) is 63.8 Å². The fourth-order valence-corrected chi connectivity index (χ4v) is 0.204. The van der Waals surface area contributed by atoms with Crippen LogP contribution in [0.4, 0.5) is 0 Å². The van der Waals surface area contributed by atoms with Crippen LogP contribution in [0, 0.1) is 0 Å². The standard InChI is InChI=1S/2Al.6H2O.3O/h;;6*1H2;;;. The minimum absolute atomic E-state index is 0. The van der Waals surface area contributed by atoms with Gasteiger partial charge in [-0.25, -0.2) is 0 Å². The molecule has 11 heteroatoms. The molecular formula is H12Al2O9. The summed E-state index contributed by atoms with van der Waals surface area (Å²) in [7, 11) is 0. The van der Waals surface area contributed by atoms with Gasteiger partial charge in [-0.05, 0) is 0 Å². The average molecular weight is 210 g/mol. The van der Waals surface area contributed by atoms with Crippen molar-refractivity contribution in [3.05, 3.63) is 0 Å². The van der Waals surface area contributed by atoms with Gasteiger partial charge in [-0.3, -0.25) is 0 Å². The summed E-state index contributed by atoms with van der Waals surface area (Å²) < 4.78 is 22.3. The first kappa shape index (κ1) is 65.7. The zero-order valence-electron chi connectivity index (χ0n) is 5.38. The molecule has 0 aromatic carbocycles. The van der Waals surface area contributed by atoms with E-state index in [0.717, 1.165) is 0 Å². The maximum absolute atomic E-state index is 9.21. The monoisotopic (exact) mass is 210 g/mol. The third-order valence-electron chi connectivity index (χ3n) is 0.111. The molecule has 0 bridgehead atoms. The summed E-state index contributed by atoms with van der Waals surface area (Å²) in [6, 6.07) is 0. The van der Waals surface area contributed by atoms with Gasteiger partial charge < -0.3 is 32.9 Å². The van der Waals surface area contributed by atoms with Crippen LogP contribution in [0.25, 0.3) is 0 Å². The molecule has 0 heterocycles. The summed E-state index contributed by atoms with van der Waals surface area (Å²) in [6.07, 6.45) is 0. The number of hydrogen-bond donors (Lipinski definition) is 0. The van der Waals surface area contributed by atoms with Crippen molar-refractivity contribution in [2.75, 3.05) is 0 Å². The molecule has 0 saturated heterocycles. The Bertz CT molecular complexity index is 36.8. The van der Waals surface area contributed by atoms with Gasteiger partial charge in [-0.2, -0.15) is 0 Å². The Morgan fingerprint density at radius 2 is 0.818 bits per heavy atom. The molecule has 0 aromatic rings. The van der Waals surface area contributed by atoms with Crippen molar-refractivity contribution in [1.82, 2.24) is 0 Å². The van der Waals surface area contributed by atoms with E-state index in [1.165, 1.54) is 0 Å². The SMILES string of the molecule is O.O.O.O.O.O.[O]=[Al][O][Al]=[O]. The number of hydrogen-bond acceptors (Lipinski definition) is 3. The zero-order valence-corrected chi connectivity index (χ0v) is 7.69. The Labute approximate surface area is 74.7 Å². The van der Waals surface area contributed by atoms with Gasteiger partial charge in [0.25, 0.3) is 0 Å². The van der Waals surface area contributed by atoms with Crippen LogP contribution in [0.1, 0.15) is 0 Å². The van der Waals surface area contributed by atoms with Crippen molar-refractivity contribution < 1.29 is 43.3 Å². The van der Waals surface area contributed by atoms with Crippen molar-refractivity contribution >= 4 is 31.0 Å². The summed E-state index contributed by atoms with van der Waals surface area (Å²) in [5.41, 5.74) is 0. The van der Waals surface area contributed by atoms with E-state index in [4.69, 9.17) is 0 Å². The number of rotatable bonds is 2. The Hall–Kier alpha value is 0.225. The molecule has 0 spiro atoms. The van der Waals surface area contributed by atoms with Crippen LogP contribution >= 0.6 is 0 Å². The third kappa shape index (κ3) is 140. The molecule has 0 amide bonds. The quantitative estimate of drug-likeness (QED) is 0.404. The van der Waals surface area contributed by atoms with Gasteiger partial charge >= 0.3 is 41.4 Å². The van der Waals surface area contributed by atoms with Gasteiger partial charge in [0.15, 0.2) is 0 Å². The van der Waals surface area contributed by atoms with Gasteiger partial charge in [-0.15, -0.1) is 0 Å².